The minimum absolute atomic E-state index is 0.0236. The van der Waals surface area contributed by atoms with Gasteiger partial charge in [-0.15, -0.1) is 0 Å². The fourth-order valence-electron chi connectivity index (χ4n) is 3.67. The number of benzene rings is 2. The Morgan fingerprint density at radius 2 is 1.27 bits per heavy atom. The Hall–Kier alpha value is -4.08. The van der Waals surface area contributed by atoms with Crippen LogP contribution in [0.2, 0.25) is 0 Å². The van der Waals surface area contributed by atoms with Crippen molar-refractivity contribution in [2.45, 2.75) is 90.7 Å². The van der Waals surface area contributed by atoms with E-state index in [1.807, 2.05) is 60.7 Å². The summed E-state index contributed by atoms with van der Waals surface area (Å²) in [6.45, 7) is 10.7. The molecule has 0 radical (unpaired) electrons. The number of nitrogens with one attached hydrogen (secondary N) is 3. The van der Waals surface area contributed by atoms with E-state index in [4.69, 9.17) is 14.2 Å². The zero-order valence-corrected chi connectivity index (χ0v) is 24.8. The monoisotopic (exact) mass is 569 g/mol. The first kappa shape index (κ1) is 33.1. The molecule has 10 heteroatoms. The molecule has 0 heterocycles. The molecule has 2 aromatic carbocycles. The summed E-state index contributed by atoms with van der Waals surface area (Å²) in [5, 5.41) is 7.99. The van der Waals surface area contributed by atoms with Crippen molar-refractivity contribution >= 4 is 24.1 Å². The van der Waals surface area contributed by atoms with Gasteiger partial charge in [0.05, 0.1) is 0 Å². The zero-order chi connectivity index (χ0) is 30.5. The Morgan fingerprint density at radius 3 is 1.83 bits per heavy atom. The van der Waals surface area contributed by atoms with Crippen molar-refractivity contribution in [3.63, 3.8) is 0 Å². The highest BCUT2D eigenvalue weighted by molar-refractivity contribution is 5.89. The van der Waals surface area contributed by atoms with E-state index in [1.54, 1.807) is 41.5 Å². The summed E-state index contributed by atoms with van der Waals surface area (Å²) >= 11 is 0. The van der Waals surface area contributed by atoms with Crippen molar-refractivity contribution in [3.05, 3.63) is 71.8 Å². The third-order valence-electron chi connectivity index (χ3n) is 5.45. The van der Waals surface area contributed by atoms with Gasteiger partial charge in [0.15, 0.2) is 0 Å². The lowest BCUT2D eigenvalue weighted by Crippen LogP contribution is -2.53. The second-order valence-corrected chi connectivity index (χ2v) is 11.6. The van der Waals surface area contributed by atoms with Crippen LogP contribution in [0.1, 0.15) is 65.5 Å². The highest BCUT2D eigenvalue weighted by Gasteiger charge is 2.30. The summed E-state index contributed by atoms with van der Waals surface area (Å²) in [4.78, 5) is 51.1. The molecule has 0 bridgehead atoms. The van der Waals surface area contributed by atoms with Crippen LogP contribution >= 0.6 is 0 Å². The second kappa shape index (κ2) is 15.6. The van der Waals surface area contributed by atoms with Gasteiger partial charge in [0.2, 0.25) is 5.91 Å². The molecule has 0 saturated heterocycles. The molecule has 41 heavy (non-hydrogen) atoms. The summed E-state index contributed by atoms with van der Waals surface area (Å²) < 4.78 is 16.1. The molecule has 0 saturated carbocycles. The van der Waals surface area contributed by atoms with Crippen molar-refractivity contribution < 1.29 is 33.4 Å². The van der Waals surface area contributed by atoms with Gasteiger partial charge in [0.25, 0.3) is 0 Å². The highest BCUT2D eigenvalue weighted by atomic mass is 16.6. The van der Waals surface area contributed by atoms with Gasteiger partial charge < -0.3 is 30.2 Å². The van der Waals surface area contributed by atoms with Crippen LogP contribution < -0.4 is 16.0 Å². The number of rotatable bonds is 12. The normalized spacial score (nSPS) is 12.8. The van der Waals surface area contributed by atoms with E-state index < -0.39 is 47.3 Å². The fraction of sp³-hybridized carbons (Fsp3) is 0.484. The van der Waals surface area contributed by atoms with Crippen molar-refractivity contribution in [1.29, 1.82) is 0 Å². The van der Waals surface area contributed by atoms with E-state index in [2.05, 4.69) is 16.0 Å². The lowest BCUT2D eigenvalue weighted by atomic mass is 10.0. The molecular weight excluding hydrogens is 526 g/mol. The molecule has 0 aliphatic rings. The van der Waals surface area contributed by atoms with Crippen LogP contribution in [0.3, 0.4) is 0 Å². The second-order valence-electron chi connectivity index (χ2n) is 11.6. The topological polar surface area (TPSA) is 132 Å². The average molecular weight is 570 g/mol. The smallest absolute Gasteiger partial charge is 0.408 e. The van der Waals surface area contributed by atoms with Crippen molar-refractivity contribution in [2.24, 2.45) is 0 Å². The number of carbonyl (C=O) groups excluding carboxylic acids is 4. The van der Waals surface area contributed by atoms with E-state index in [-0.39, 0.29) is 26.0 Å². The highest BCUT2D eigenvalue weighted by Crippen LogP contribution is 2.13. The van der Waals surface area contributed by atoms with Gasteiger partial charge in [-0.25, -0.2) is 14.4 Å². The standard InChI is InChI=1S/C31H43N3O7/c1-30(2,3)40-27(36)25(20-22-14-9-7-10-15-22)33-26(35)24(18-13-19-32-28(37)41-31(4,5)6)34-29(38)39-21-23-16-11-8-12-17-23/h7-12,14-17,24-25H,13,18-21H2,1-6H3,(H,32,37)(H,33,35)(H,34,38)/t24-,25+/m1/s1. The van der Waals surface area contributed by atoms with Gasteiger partial charge in [-0.2, -0.15) is 0 Å². The van der Waals surface area contributed by atoms with E-state index in [9.17, 15) is 19.2 Å². The molecule has 3 amide bonds. The summed E-state index contributed by atoms with van der Waals surface area (Å²) in [5.74, 6) is -1.17. The number of carbonyl (C=O) groups is 4. The number of hydrogen-bond donors (Lipinski definition) is 3. The average Bonchev–Trinajstić information content (AvgIpc) is 2.88. The molecule has 0 aliphatic carbocycles. The quantitative estimate of drug-likeness (QED) is 0.192. The van der Waals surface area contributed by atoms with Gasteiger partial charge in [-0.3, -0.25) is 4.79 Å². The Labute approximate surface area is 242 Å². The molecule has 224 valence electrons. The lowest BCUT2D eigenvalue weighted by Gasteiger charge is -2.26. The Kier molecular flexibility index (Phi) is 12.6. The van der Waals surface area contributed by atoms with Gasteiger partial charge in [-0.1, -0.05) is 60.7 Å². The first-order chi connectivity index (χ1) is 19.2. The molecule has 0 aromatic heterocycles. The van der Waals surface area contributed by atoms with Crippen LogP contribution in [0.25, 0.3) is 0 Å². The van der Waals surface area contributed by atoms with Crippen LogP contribution in [-0.4, -0.2) is 53.9 Å². The van der Waals surface area contributed by atoms with E-state index in [0.29, 0.717) is 6.42 Å². The maximum atomic E-state index is 13.4. The number of esters is 1. The predicted molar refractivity (Wildman–Crippen MR) is 155 cm³/mol. The molecule has 3 N–H and O–H groups in total. The van der Waals surface area contributed by atoms with Crippen molar-refractivity contribution in [2.75, 3.05) is 6.54 Å². The van der Waals surface area contributed by atoms with E-state index in [0.717, 1.165) is 11.1 Å². The molecule has 2 atom stereocenters. The van der Waals surface area contributed by atoms with Gasteiger partial charge >= 0.3 is 18.2 Å². The number of alkyl carbamates (subject to hydrolysis) is 2. The number of amides is 3. The van der Waals surface area contributed by atoms with Crippen LogP contribution in [0, 0.1) is 0 Å². The van der Waals surface area contributed by atoms with E-state index in [1.165, 1.54) is 0 Å². The van der Waals surface area contributed by atoms with Crippen molar-refractivity contribution in [1.82, 2.24) is 16.0 Å². The van der Waals surface area contributed by atoms with Crippen LogP contribution in [0.4, 0.5) is 9.59 Å². The molecular formula is C31H43N3O7. The lowest BCUT2D eigenvalue weighted by molar-refractivity contribution is -0.158. The molecule has 2 rings (SSSR count). The molecule has 0 spiro atoms. The first-order valence-electron chi connectivity index (χ1n) is 13.7. The third-order valence-corrected chi connectivity index (χ3v) is 5.45. The Bertz CT molecular complexity index is 1130. The number of ether oxygens (including phenoxy) is 3. The molecule has 0 fully saturated rings. The van der Waals surface area contributed by atoms with Crippen LogP contribution in [-0.2, 0) is 36.8 Å². The van der Waals surface area contributed by atoms with Crippen molar-refractivity contribution in [3.8, 4) is 0 Å². The summed E-state index contributed by atoms with van der Waals surface area (Å²) in [7, 11) is 0. The maximum Gasteiger partial charge on any atom is 0.408 e. The van der Waals surface area contributed by atoms with Crippen LogP contribution in [0.5, 0.6) is 0 Å². The Morgan fingerprint density at radius 1 is 0.707 bits per heavy atom. The molecule has 0 aliphatic heterocycles. The predicted octanol–water partition coefficient (Wildman–Crippen LogP) is 4.66. The fourth-order valence-corrected chi connectivity index (χ4v) is 3.67. The maximum absolute atomic E-state index is 13.4. The zero-order valence-electron chi connectivity index (χ0n) is 24.8. The SMILES string of the molecule is CC(C)(C)OC(=O)NCCC[C@@H](NC(=O)OCc1ccccc1)C(=O)N[C@@H](Cc1ccccc1)C(=O)OC(C)(C)C. The third kappa shape index (κ3) is 14.2. The van der Waals surface area contributed by atoms with E-state index >= 15 is 0 Å². The molecule has 10 nitrogen and oxygen atoms in total. The Balaban J connectivity index is 2.11. The minimum atomic E-state index is -1.04. The number of hydrogen-bond acceptors (Lipinski definition) is 7. The van der Waals surface area contributed by atoms with Gasteiger partial charge in [0.1, 0.15) is 29.9 Å². The summed E-state index contributed by atoms with van der Waals surface area (Å²) in [6.07, 6.45) is -0.666. The van der Waals surface area contributed by atoms with Gasteiger partial charge in [0, 0.05) is 13.0 Å². The van der Waals surface area contributed by atoms with Gasteiger partial charge in [-0.05, 0) is 65.5 Å². The van der Waals surface area contributed by atoms with Crippen LogP contribution in [0.15, 0.2) is 60.7 Å². The molecule has 2 aromatic rings. The largest absolute Gasteiger partial charge is 0.458 e. The molecule has 0 unspecified atom stereocenters. The summed E-state index contributed by atoms with van der Waals surface area (Å²) in [5.41, 5.74) is 0.213. The summed E-state index contributed by atoms with van der Waals surface area (Å²) in [6, 6.07) is 16.3. The minimum Gasteiger partial charge on any atom is -0.458 e. The first-order valence-corrected chi connectivity index (χ1v) is 13.7.